The van der Waals surface area contributed by atoms with Crippen LogP contribution in [0.2, 0.25) is 0 Å². The molecule has 6 rings (SSSR count). The maximum Gasteiger partial charge on any atom is 0.260 e. The molecule has 1 saturated heterocycles. The van der Waals surface area contributed by atoms with Crippen molar-refractivity contribution in [1.82, 2.24) is 10.2 Å². The van der Waals surface area contributed by atoms with Crippen LogP contribution >= 0.6 is 11.8 Å². The first-order valence-electron chi connectivity index (χ1n) is 13.2. The third-order valence-corrected chi connectivity index (χ3v) is 8.84. The zero-order valence-electron chi connectivity index (χ0n) is 21.4. The summed E-state index contributed by atoms with van der Waals surface area (Å²) in [4.78, 5) is 29.0. The number of rotatable bonds is 6. The lowest BCUT2D eigenvalue weighted by molar-refractivity contribution is -0.130. The van der Waals surface area contributed by atoms with Crippen molar-refractivity contribution in [3.8, 4) is 11.5 Å². The van der Waals surface area contributed by atoms with Crippen molar-refractivity contribution >= 4 is 29.7 Å². The van der Waals surface area contributed by atoms with Crippen molar-refractivity contribution in [1.29, 1.82) is 0 Å². The average molecular weight is 545 g/mol. The number of nitrogens with one attached hydrogen (secondary N) is 1. The third kappa shape index (κ3) is 5.66. The molecule has 8 heteroatoms. The number of amides is 2. The molecule has 2 fully saturated rings. The molecule has 2 atom stereocenters. The SMILES string of the molecule is O=C(NCc1ccc2c(c1)OCO2)c1ccc(/C=C2\SC3CCCCC3N(Cc3ccc(F)cc3)C2=O)cc1. The molecule has 6 nitrogen and oxygen atoms in total. The Morgan fingerprint density at radius 3 is 2.54 bits per heavy atom. The van der Waals surface area contributed by atoms with E-state index in [1.54, 1.807) is 36.0 Å². The molecular weight excluding hydrogens is 515 g/mol. The van der Waals surface area contributed by atoms with Crippen LogP contribution in [-0.2, 0) is 17.9 Å². The van der Waals surface area contributed by atoms with E-state index in [0.717, 1.165) is 42.4 Å². The minimum Gasteiger partial charge on any atom is -0.454 e. The Morgan fingerprint density at radius 2 is 1.72 bits per heavy atom. The number of hydrogen-bond donors (Lipinski definition) is 1. The first kappa shape index (κ1) is 25.5. The second kappa shape index (κ2) is 11.1. The topological polar surface area (TPSA) is 67.9 Å². The number of carbonyl (C=O) groups is 2. The highest BCUT2D eigenvalue weighted by Crippen LogP contribution is 2.42. The van der Waals surface area contributed by atoms with Crippen LogP contribution in [0.5, 0.6) is 11.5 Å². The van der Waals surface area contributed by atoms with Gasteiger partial charge in [-0.2, -0.15) is 0 Å². The maximum absolute atomic E-state index is 13.6. The number of fused-ring (bicyclic) bond motifs is 2. The van der Waals surface area contributed by atoms with Gasteiger partial charge in [-0.15, -0.1) is 11.8 Å². The smallest absolute Gasteiger partial charge is 0.260 e. The molecule has 1 saturated carbocycles. The lowest BCUT2D eigenvalue weighted by Crippen LogP contribution is -2.50. The summed E-state index contributed by atoms with van der Waals surface area (Å²) < 4.78 is 24.2. The van der Waals surface area contributed by atoms with Crippen molar-refractivity contribution in [2.24, 2.45) is 0 Å². The zero-order valence-corrected chi connectivity index (χ0v) is 22.2. The Morgan fingerprint density at radius 1 is 0.974 bits per heavy atom. The van der Waals surface area contributed by atoms with Crippen molar-refractivity contribution in [2.45, 2.75) is 50.1 Å². The number of carbonyl (C=O) groups excluding carboxylic acids is 2. The van der Waals surface area contributed by atoms with E-state index in [4.69, 9.17) is 9.47 Å². The first-order valence-corrected chi connectivity index (χ1v) is 14.1. The van der Waals surface area contributed by atoms with Crippen LogP contribution in [0.25, 0.3) is 6.08 Å². The summed E-state index contributed by atoms with van der Waals surface area (Å²) in [6, 6.07) is 19.5. The van der Waals surface area contributed by atoms with Crippen LogP contribution in [-0.4, -0.2) is 34.8 Å². The molecule has 0 bridgehead atoms. The van der Waals surface area contributed by atoms with E-state index in [1.165, 1.54) is 12.1 Å². The van der Waals surface area contributed by atoms with Crippen molar-refractivity contribution in [3.63, 3.8) is 0 Å². The lowest BCUT2D eigenvalue weighted by atomic mass is 9.92. The van der Waals surface area contributed by atoms with E-state index >= 15 is 0 Å². The van der Waals surface area contributed by atoms with Gasteiger partial charge in [-0.25, -0.2) is 4.39 Å². The quantitative estimate of drug-likeness (QED) is 0.391. The summed E-state index contributed by atoms with van der Waals surface area (Å²) in [5.41, 5.74) is 3.27. The normalized spacial score (nSPS) is 21.1. The van der Waals surface area contributed by atoms with E-state index in [1.807, 2.05) is 41.3 Å². The summed E-state index contributed by atoms with van der Waals surface area (Å²) in [6.45, 7) is 1.06. The minimum atomic E-state index is -0.277. The van der Waals surface area contributed by atoms with Gasteiger partial charge in [-0.3, -0.25) is 9.59 Å². The van der Waals surface area contributed by atoms with E-state index in [-0.39, 0.29) is 30.5 Å². The molecular formula is C31H29FN2O4S. The molecule has 1 aliphatic carbocycles. The third-order valence-electron chi connectivity index (χ3n) is 7.44. The summed E-state index contributed by atoms with van der Waals surface area (Å²) in [7, 11) is 0. The number of benzene rings is 3. The van der Waals surface area contributed by atoms with Gasteiger partial charge >= 0.3 is 0 Å². The predicted octanol–water partition coefficient (Wildman–Crippen LogP) is 5.91. The van der Waals surface area contributed by atoms with Gasteiger partial charge in [0.05, 0.1) is 4.91 Å². The molecule has 0 aromatic heterocycles. The van der Waals surface area contributed by atoms with Gasteiger partial charge in [-0.05, 0) is 72.0 Å². The van der Waals surface area contributed by atoms with E-state index in [0.29, 0.717) is 40.3 Å². The Labute approximate surface area is 231 Å². The fourth-order valence-electron chi connectivity index (χ4n) is 5.37. The average Bonchev–Trinajstić information content (AvgIpc) is 3.43. The molecule has 2 unspecified atom stereocenters. The van der Waals surface area contributed by atoms with E-state index < -0.39 is 0 Å². The Bertz CT molecular complexity index is 1410. The van der Waals surface area contributed by atoms with Gasteiger partial charge in [0.2, 0.25) is 6.79 Å². The molecule has 39 heavy (non-hydrogen) atoms. The summed E-state index contributed by atoms with van der Waals surface area (Å²) in [5, 5.41) is 3.29. The predicted molar refractivity (Wildman–Crippen MR) is 149 cm³/mol. The molecule has 2 heterocycles. The van der Waals surface area contributed by atoms with Gasteiger partial charge in [0.15, 0.2) is 11.5 Å². The number of ether oxygens (including phenoxy) is 2. The van der Waals surface area contributed by atoms with E-state index in [2.05, 4.69) is 5.32 Å². The van der Waals surface area contributed by atoms with Gasteiger partial charge in [0.1, 0.15) is 5.82 Å². The fraction of sp³-hybridized carbons (Fsp3) is 0.290. The second-order valence-corrected chi connectivity index (χ2v) is 11.3. The van der Waals surface area contributed by atoms with Crippen LogP contribution in [0.4, 0.5) is 4.39 Å². The van der Waals surface area contributed by atoms with Gasteiger partial charge < -0.3 is 19.7 Å². The lowest BCUT2D eigenvalue weighted by Gasteiger charge is -2.44. The molecule has 2 aliphatic heterocycles. The molecule has 1 N–H and O–H groups in total. The van der Waals surface area contributed by atoms with E-state index in [9.17, 15) is 14.0 Å². The van der Waals surface area contributed by atoms with Gasteiger partial charge in [0, 0.05) is 29.9 Å². The highest BCUT2D eigenvalue weighted by Gasteiger charge is 2.40. The fourth-order valence-corrected chi connectivity index (χ4v) is 6.84. The Hall–Kier alpha value is -3.78. The van der Waals surface area contributed by atoms with Crippen LogP contribution in [0.3, 0.4) is 0 Å². The van der Waals surface area contributed by atoms with Crippen molar-refractivity contribution in [2.75, 3.05) is 6.79 Å². The molecule has 3 aromatic rings. The van der Waals surface area contributed by atoms with Gasteiger partial charge in [0.25, 0.3) is 11.8 Å². The first-order chi connectivity index (χ1) is 19.0. The maximum atomic E-state index is 13.6. The summed E-state index contributed by atoms with van der Waals surface area (Å²) in [5.74, 6) is 0.955. The number of hydrogen-bond acceptors (Lipinski definition) is 5. The van der Waals surface area contributed by atoms with Gasteiger partial charge in [-0.1, -0.05) is 43.2 Å². The highest BCUT2D eigenvalue weighted by atomic mass is 32.2. The number of thioether (sulfide) groups is 1. The Balaban J connectivity index is 1.14. The molecule has 3 aliphatic rings. The van der Waals surface area contributed by atoms with Crippen molar-refractivity contribution < 1.29 is 23.5 Å². The van der Waals surface area contributed by atoms with Crippen LogP contribution in [0.15, 0.2) is 71.6 Å². The number of nitrogens with zero attached hydrogens (tertiary/aromatic N) is 1. The molecule has 3 aromatic carbocycles. The summed E-state index contributed by atoms with van der Waals surface area (Å²) in [6.07, 6.45) is 6.27. The van der Waals surface area contributed by atoms with Crippen molar-refractivity contribution in [3.05, 3.63) is 99.7 Å². The molecule has 0 spiro atoms. The molecule has 200 valence electrons. The molecule has 0 radical (unpaired) electrons. The van der Waals surface area contributed by atoms with Crippen LogP contribution in [0, 0.1) is 5.82 Å². The highest BCUT2D eigenvalue weighted by molar-refractivity contribution is 8.04. The second-order valence-electron chi connectivity index (χ2n) is 10.1. The monoisotopic (exact) mass is 544 g/mol. The number of halogens is 1. The Kier molecular flexibility index (Phi) is 7.28. The van der Waals surface area contributed by atoms with Crippen LogP contribution in [0.1, 0.15) is 52.7 Å². The minimum absolute atomic E-state index is 0.0121. The summed E-state index contributed by atoms with van der Waals surface area (Å²) >= 11 is 1.67. The molecule has 2 amide bonds. The standard InChI is InChI=1S/C31H29FN2O4S/c32-24-12-7-21(8-13-24)18-34-25-3-1-2-4-28(25)39-29(31(34)36)16-20-5-10-23(11-6-20)30(35)33-17-22-9-14-26-27(15-22)38-19-37-26/h5-16,25,28H,1-4,17-19H2,(H,33,35)/b29-16-. The van der Waals surface area contributed by atoms with Crippen LogP contribution < -0.4 is 14.8 Å². The largest absolute Gasteiger partial charge is 0.454 e. The zero-order chi connectivity index (χ0) is 26.8.